The van der Waals surface area contributed by atoms with E-state index in [2.05, 4.69) is 5.32 Å². The number of hydrogen-bond donors (Lipinski definition) is 1. The van der Waals surface area contributed by atoms with Gasteiger partial charge in [-0.15, -0.1) is 0 Å². The molecule has 0 saturated carbocycles. The average Bonchev–Trinajstić information content (AvgIpc) is 2.53. The topological polar surface area (TPSA) is 66.5 Å². The Kier molecular flexibility index (Phi) is 6.42. The van der Waals surface area contributed by atoms with E-state index in [1.165, 1.54) is 10.6 Å². The van der Waals surface area contributed by atoms with E-state index in [1.54, 1.807) is 6.07 Å². The Morgan fingerprint density at radius 2 is 1.77 bits per heavy atom. The highest BCUT2D eigenvalue weighted by Gasteiger charge is 2.18. The van der Waals surface area contributed by atoms with Gasteiger partial charge in [-0.2, -0.15) is 0 Å². The van der Waals surface area contributed by atoms with E-state index >= 15 is 0 Å². The lowest BCUT2D eigenvalue weighted by atomic mass is 10.1. The highest BCUT2D eigenvalue weighted by atomic mass is 32.2. The summed E-state index contributed by atoms with van der Waals surface area (Å²) < 4.78 is 25.7. The van der Waals surface area contributed by atoms with Crippen LogP contribution in [-0.2, 0) is 14.8 Å². The number of rotatable bonds is 7. The summed E-state index contributed by atoms with van der Waals surface area (Å²) in [6, 6.07) is 13.2. The predicted molar refractivity (Wildman–Crippen MR) is 107 cm³/mol. The van der Waals surface area contributed by atoms with Crippen molar-refractivity contribution in [3.63, 3.8) is 0 Å². The zero-order valence-electron chi connectivity index (χ0n) is 15.7. The summed E-state index contributed by atoms with van der Waals surface area (Å²) in [5.41, 5.74) is 4.60. The van der Waals surface area contributed by atoms with Crippen LogP contribution in [0.3, 0.4) is 0 Å². The number of sulfonamides is 1. The minimum absolute atomic E-state index is 0.121. The third-order valence-corrected chi connectivity index (χ3v) is 5.44. The van der Waals surface area contributed by atoms with E-state index in [9.17, 15) is 13.2 Å². The molecule has 2 aromatic carbocycles. The quantitative estimate of drug-likeness (QED) is 0.802. The van der Waals surface area contributed by atoms with Gasteiger partial charge in [-0.25, -0.2) is 8.42 Å². The zero-order valence-corrected chi connectivity index (χ0v) is 16.6. The molecule has 0 unspecified atom stereocenters. The maximum Gasteiger partial charge on any atom is 0.232 e. The van der Waals surface area contributed by atoms with Crippen LogP contribution in [0.4, 0.5) is 11.4 Å². The molecule has 0 aromatic heterocycles. The Hall–Kier alpha value is -2.34. The fourth-order valence-electron chi connectivity index (χ4n) is 2.70. The van der Waals surface area contributed by atoms with Crippen molar-refractivity contribution in [1.82, 2.24) is 0 Å². The fraction of sp³-hybridized carbons (Fsp3) is 0.350. The Morgan fingerprint density at radius 3 is 2.38 bits per heavy atom. The molecule has 0 spiro atoms. The molecule has 0 aliphatic carbocycles. The minimum atomic E-state index is -3.41. The molecular formula is C20H26N2O3S. The third kappa shape index (κ3) is 5.59. The second kappa shape index (κ2) is 8.36. The molecule has 2 rings (SSSR count). The van der Waals surface area contributed by atoms with Gasteiger partial charge in [-0.1, -0.05) is 18.2 Å². The first-order valence-electron chi connectivity index (χ1n) is 8.58. The summed E-state index contributed by atoms with van der Waals surface area (Å²) in [5, 5.41) is 2.84. The lowest BCUT2D eigenvalue weighted by molar-refractivity contribution is -0.116. The van der Waals surface area contributed by atoms with Crippen molar-refractivity contribution in [2.24, 2.45) is 0 Å². The molecule has 0 saturated heterocycles. The van der Waals surface area contributed by atoms with Gasteiger partial charge < -0.3 is 5.32 Å². The standard InChI is InChI=1S/C20H26N2O3S/c1-15-7-5-8-18(13-15)21-20(23)9-6-12-22(26(4,24)25)19-11-10-16(2)17(3)14-19/h5,7-8,10-11,13-14H,6,9,12H2,1-4H3,(H,21,23). The van der Waals surface area contributed by atoms with Crippen molar-refractivity contribution in [2.45, 2.75) is 33.6 Å². The van der Waals surface area contributed by atoms with Crippen molar-refractivity contribution in [3.05, 3.63) is 59.2 Å². The maximum atomic E-state index is 12.2. The van der Waals surface area contributed by atoms with Gasteiger partial charge in [-0.3, -0.25) is 9.10 Å². The first kappa shape index (κ1) is 20.0. The number of hydrogen-bond acceptors (Lipinski definition) is 3. The summed E-state index contributed by atoms with van der Waals surface area (Å²) in [6.07, 6.45) is 1.89. The molecule has 0 radical (unpaired) electrons. The van der Waals surface area contributed by atoms with Crippen LogP contribution in [0.1, 0.15) is 29.5 Å². The molecule has 26 heavy (non-hydrogen) atoms. The van der Waals surface area contributed by atoms with Crippen LogP contribution < -0.4 is 9.62 Å². The van der Waals surface area contributed by atoms with Crippen molar-refractivity contribution in [2.75, 3.05) is 22.4 Å². The van der Waals surface area contributed by atoms with Crippen molar-refractivity contribution in [3.8, 4) is 0 Å². The normalized spacial score (nSPS) is 11.2. The van der Waals surface area contributed by atoms with Crippen LogP contribution >= 0.6 is 0 Å². The smallest absolute Gasteiger partial charge is 0.232 e. The van der Waals surface area contributed by atoms with Gasteiger partial charge in [0, 0.05) is 18.7 Å². The molecule has 2 aromatic rings. The molecule has 6 heteroatoms. The van der Waals surface area contributed by atoms with E-state index in [0.717, 1.165) is 22.4 Å². The molecule has 0 atom stereocenters. The number of nitrogens with one attached hydrogen (secondary N) is 1. The maximum absolute atomic E-state index is 12.2. The molecule has 0 bridgehead atoms. The number of anilines is 2. The van der Waals surface area contributed by atoms with E-state index in [4.69, 9.17) is 0 Å². The molecule has 5 nitrogen and oxygen atoms in total. The summed E-state index contributed by atoms with van der Waals surface area (Å²) >= 11 is 0. The minimum Gasteiger partial charge on any atom is -0.326 e. The van der Waals surface area contributed by atoms with Crippen LogP contribution in [0.15, 0.2) is 42.5 Å². The predicted octanol–water partition coefficient (Wildman–Crippen LogP) is 3.80. The molecule has 0 aliphatic heterocycles. The summed E-state index contributed by atoms with van der Waals surface area (Å²) in [4.78, 5) is 12.1. The van der Waals surface area contributed by atoms with Gasteiger partial charge in [0.25, 0.3) is 0 Å². The number of aryl methyl sites for hydroxylation is 3. The lowest BCUT2D eigenvalue weighted by Crippen LogP contribution is -2.31. The van der Waals surface area contributed by atoms with Crippen LogP contribution in [0.5, 0.6) is 0 Å². The van der Waals surface area contributed by atoms with Gasteiger partial charge in [0.1, 0.15) is 0 Å². The number of benzene rings is 2. The van der Waals surface area contributed by atoms with Crippen LogP contribution in [-0.4, -0.2) is 27.1 Å². The second-order valence-corrected chi connectivity index (χ2v) is 8.53. The van der Waals surface area contributed by atoms with E-state index in [0.29, 0.717) is 12.1 Å². The van der Waals surface area contributed by atoms with E-state index in [-0.39, 0.29) is 18.9 Å². The molecule has 1 amide bonds. The van der Waals surface area contributed by atoms with Crippen molar-refractivity contribution >= 4 is 27.3 Å². The zero-order chi connectivity index (χ0) is 19.3. The highest BCUT2D eigenvalue weighted by molar-refractivity contribution is 7.92. The molecular weight excluding hydrogens is 348 g/mol. The Labute approximate surface area is 156 Å². The van der Waals surface area contributed by atoms with E-state index < -0.39 is 10.0 Å². The largest absolute Gasteiger partial charge is 0.326 e. The number of amides is 1. The van der Waals surface area contributed by atoms with Gasteiger partial charge >= 0.3 is 0 Å². The van der Waals surface area contributed by atoms with E-state index in [1.807, 2.05) is 57.2 Å². The average molecular weight is 375 g/mol. The fourth-order valence-corrected chi connectivity index (χ4v) is 3.65. The number of carbonyl (C=O) groups excluding carboxylic acids is 1. The first-order valence-corrected chi connectivity index (χ1v) is 10.4. The van der Waals surface area contributed by atoms with Gasteiger partial charge in [0.05, 0.1) is 11.9 Å². The van der Waals surface area contributed by atoms with Crippen molar-refractivity contribution < 1.29 is 13.2 Å². The lowest BCUT2D eigenvalue weighted by Gasteiger charge is -2.23. The Morgan fingerprint density at radius 1 is 1.04 bits per heavy atom. The Bertz CT molecular complexity index is 892. The molecule has 1 N–H and O–H groups in total. The van der Waals surface area contributed by atoms with Crippen LogP contribution in [0.25, 0.3) is 0 Å². The Balaban J connectivity index is 1.99. The monoisotopic (exact) mass is 374 g/mol. The second-order valence-electron chi connectivity index (χ2n) is 6.62. The van der Waals surface area contributed by atoms with Crippen LogP contribution in [0.2, 0.25) is 0 Å². The third-order valence-electron chi connectivity index (χ3n) is 4.25. The summed E-state index contributed by atoms with van der Waals surface area (Å²) in [6.45, 7) is 6.17. The van der Waals surface area contributed by atoms with Gasteiger partial charge in [-0.05, 0) is 68.1 Å². The van der Waals surface area contributed by atoms with Gasteiger partial charge in [0.2, 0.25) is 15.9 Å². The van der Waals surface area contributed by atoms with Crippen LogP contribution in [0, 0.1) is 20.8 Å². The SMILES string of the molecule is Cc1cccc(NC(=O)CCCN(c2ccc(C)c(C)c2)S(C)(=O)=O)c1. The summed E-state index contributed by atoms with van der Waals surface area (Å²) in [5.74, 6) is -0.121. The highest BCUT2D eigenvalue weighted by Crippen LogP contribution is 2.22. The van der Waals surface area contributed by atoms with Gasteiger partial charge in [0.15, 0.2) is 0 Å². The number of carbonyl (C=O) groups is 1. The summed E-state index contributed by atoms with van der Waals surface area (Å²) in [7, 11) is -3.41. The molecule has 0 heterocycles. The molecule has 0 fully saturated rings. The molecule has 0 aliphatic rings. The van der Waals surface area contributed by atoms with Crippen molar-refractivity contribution in [1.29, 1.82) is 0 Å². The first-order chi connectivity index (χ1) is 12.2. The number of nitrogens with zero attached hydrogens (tertiary/aromatic N) is 1. The molecule has 140 valence electrons.